The summed E-state index contributed by atoms with van der Waals surface area (Å²) < 4.78 is 45.4. The molecular weight excluding hydrogens is 347 g/mol. The van der Waals surface area contributed by atoms with E-state index in [-0.39, 0.29) is 47.8 Å². The Morgan fingerprint density at radius 1 is 1.04 bits per heavy atom. The number of benzene rings is 2. The molecule has 132 valence electrons. The van der Waals surface area contributed by atoms with Gasteiger partial charge in [0, 0.05) is 30.6 Å². The van der Waals surface area contributed by atoms with E-state index in [1.807, 2.05) is 0 Å². The predicted molar refractivity (Wildman–Crippen MR) is 85.8 cm³/mol. The van der Waals surface area contributed by atoms with Crippen LogP contribution in [0.3, 0.4) is 0 Å². The lowest BCUT2D eigenvalue weighted by Crippen LogP contribution is -2.24. The van der Waals surface area contributed by atoms with Gasteiger partial charge in [-0.05, 0) is 24.3 Å². The first-order valence-corrected chi connectivity index (χ1v) is 7.87. The molecule has 0 saturated carbocycles. The normalized spacial score (nSPS) is 17.1. The molecule has 8 heteroatoms. The lowest BCUT2D eigenvalue weighted by atomic mass is 10.1. The molecule has 0 aliphatic carbocycles. The molecule has 2 aromatic carbocycles. The second-order valence-electron chi connectivity index (χ2n) is 5.94. The highest BCUT2D eigenvalue weighted by molar-refractivity contribution is 5.96. The largest absolute Gasteiger partial charge is 0.334 e. The van der Waals surface area contributed by atoms with Crippen molar-refractivity contribution in [3.63, 3.8) is 0 Å². The molecule has 0 spiro atoms. The van der Waals surface area contributed by atoms with Crippen LogP contribution in [0.25, 0.3) is 11.5 Å². The SMILES string of the molecule is O=C1CC(c2noc(-c3ccccc3F)n2)CN1c1ccc(F)c(F)c1. The first-order valence-electron chi connectivity index (χ1n) is 7.87. The van der Waals surface area contributed by atoms with Crippen LogP contribution in [-0.4, -0.2) is 22.6 Å². The zero-order valence-corrected chi connectivity index (χ0v) is 13.3. The van der Waals surface area contributed by atoms with Crippen molar-refractivity contribution in [3.05, 3.63) is 65.7 Å². The molecule has 26 heavy (non-hydrogen) atoms. The van der Waals surface area contributed by atoms with Crippen molar-refractivity contribution >= 4 is 11.6 Å². The highest BCUT2D eigenvalue weighted by atomic mass is 19.2. The Morgan fingerprint density at radius 3 is 2.62 bits per heavy atom. The Morgan fingerprint density at radius 2 is 1.85 bits per heavy atom. The number of carbonyl (C=O) groups is 1. The fourth-order valence-corrected chi connectivity index (χ4v) is 2.93. The number of aromatic nitrogens is 2. The van der Waals surface area contributed by atoms with E-state index < -0.39 is 17.5 Å². The second kappa shape index (κ2) is 6.29. The molecule has 1 unspecified atom stereocenters. The minimum Gasteiger partial charge on any atom is -0.334 e. The van der Waals surface area contributed by atoms with Crippen LogP contribution in [0.1, 0.15) is 18.2 Å². The van der Waals surface area contributed by atoms with Gasteiger partial charge >= 0.3 is 0 Å². The molecule has 1 aliphatic heterocycles. The van der Waals surface area contributed by atoms with Gasteiger partial charge in [-0.2, -0.15) is 4.98 Å². The van der Waals surface area contributed by atoms with E-state index in [2.05, 4.69) is 10.1 Å². The number of hydrogen-bond donors (Lipinski definition) is 0. The molecule has 1 saturated heterocycles. The van der Waals surface area contributed by atoms with E-state index in [9.17, 15) is 18.0 Å². The Balaban J connectivity index is 1.58. The molecule has 1 amide bonds. The monoisotopic (exact) mass is 359 g/mol. The Kier molecular flexibility index (Phi) is 3.95. The van der Waals surface area contributed by atoms with Crippen molar-refractivity contribution in [2.24, 2.45) is 0 Å². The summed E-state index contributed by atoms with van der Waals surface area (Å²) in [7, 11) is 0. The molecular formula is C18H12F3N3O2. The maximum Gasteiger partial charge on any atom is 0.260 e. The standard InChI is InChI=1S/C18H12F3N3O2/c19-13-4-2-1-3-12(13)18-22-17(23-26-18)10-7-16(25)24(9-10)11-5-6-14(20)15(21)8-11/h1-6,8,10H,7,9H2. The molecule has 4 rings (SSSR count). The van der Waals surface area contributed by atoms with Gasteiger partial charge in [-0.3, -0.25) is 4.79 Å². The van der Waals surface area contributed by atoms with Crippen molar-refractivity contribution in [3.8, 4) is 11.5 Å². The number of amides is 1. The quantitative estimate of drug-likeness (QED) is 0.716. The van der Waals surface area contributed by atoms with Gasteiger partial charge in [-0.25, -0.2) is 13.2 Å². The zero-order chi connectivity index (χ0) is 18.3. The maximum absolute atomic E-state index is 13.8. The fraction of sp³-hybridized carbons (Fsp3) is 0.167. The molecule has 0 bridgehead atoms. The van der Waals surface area contributed by atoms with Gasteiger partial charge in [0.25, 0.3) is 5.89 Å². The summed E-state index contributed by atoms with van der Waals surface area (Å²) in [6.45, 7) is 0.195. The summed E-state index contributed by atoms with van der Waals surface area (Å²) in [4.78, 5) is 17.8. The van der Waals surface area contributed by atoms with Crippen molar-refractivity contribution in [1.82, 2.24) is 10.1 Å². The predicted octanol–water partition coefficient (Wildman–Crippen LogP) is 3.67. The third-order valence-electron chi connectivity index (χ3n) is 4.25. The van der Waals surface area contributed by atoms with E-state index >= 15 is 0 Å². The molecule has 1 aliphatic rings. The van der Waals surface area contributed by atoms with Gasteiger partial charge < -0.3 is 9.42 Å². The number of anilines is 1. The van der Waals surface area contributed by atoms with Gasteiger partial charge in [0.15, 0.2) is 17.5 Å². The minimum absolute atomic E-state index is 0.0248. The summed E-state index contributed by atoms with van der Waals surface area (Å²) in [5, 5.41) is 3.84. The van der Waals surface area contributed by atoms with E-state index in [1.165, 1.54) is 23.1 Å². The van der Waals surface area contributed by atoms with Crippen LogP contribution in [0.4, 0.5) is 18.9 Å². The molecule has 1 atom stereocenters. The molecule has 0 N–H and O–H groups in total. The first kappa shape index (κ1) is 16.3. The fourth-order valence-electron chi connectivity index (χ4n) is 2.93. The second-order valence-corrected chi connectivity index (χ2v) is 5.94. The summed E-state index contributed by atoms with van der Waals surface area (Å²) in [6.07, 6.45) is 0.0925. The molecule has 3 aromatic rings. The van der Waals surface area contributed by atoms with Crippen LogP contribution in [0, 0.1) is 17.5 Å². The zero-order valence-electron chi connectivity index (χ0n) is 13.3. The average Bonchev–Trinajstić information content (AvgIpc) is 3.25. The van der Waals surface area contributed by atoms with Crippen LogP contribution in [0.5, 0.6) is 0 Å². The van der Waals surface area contributed by atoms with E-state index in [0.29, 0.717) is 0 Å². The van der Waals surface area contributed by atoms with Gasteiger partial charge in [-0.15, -0.1) is 0 Å². The smallest absolute Gasteiger partial charge is 0.260 e. The van der Waals surface area contributed by atoms with Crippen LogP contribution < -0.4 is 4.90 Å². The van der Waals surface area contributed by atoms with Gasteiger partial charge in [0.2, 0.25) is 5.91 Å². The Hall–Kier alpha value is -3.16. The van der Waals surface area contributed by atoms with Crippen LogP contribution in [0.2, 0.25) is 0 Å². The lowest BCUT2D eigenvalue weighted by molar-refractivity contribution is -0.117. The maximum atomic E-state index is 13.8. The van der Waals surface area contributed by atoms with E-state index in [4.69, 9.17) is 4.52 Å². The first-order chi connectivity index (χ1) is 12.5. The average molecular weight is 359 g/mol. The lowest BCUT2D eigenvalue weighted by Gasteiger charge is -2.16. The summed E-state index contributed by atoms with van der Waals surface area (Å²) >= 11 is 0. The number of carbonyl (C=O) groups excluding carboxylic acids is 1. The van der Waals surface area contributed by atoms with Crippen molar-refractivity contribution in [2.75, 3.05) is 11.4 Å². The highest BCUT2D eigenvalue weighted by Gasteiger charge is 2.35. The molecule has 0 radical (unpaired) electrons. The van der Waals surface area contributed by atoms with Crippen molar-refractivity contribution in [1.29, 1.82) is 0 Å². The van der Waals surface area contributed by atoms with E-state index in [1.54, 1.807) is 12.1 Å². The third-order valence-corrected chi connectivity index (χ3v) is 4.25. The van der Waals surface area contributed by atoms with Crippen LogP contribution >= 0.6 is 0 Å². The summed E-state index contributed by atoms with van der Waals surface area (Å²) in [6, 6.07) is 9.26. The molecule has 1 aromatic heterocycles. The number of hydrogen-bond acceptors (Lipinski definition) is 4. The topological polar surface area (TPSA) is 59.2 Å². The Labute approximate surface area is 146 Å². The molecule has 5 nitrogen and oxygen atoms in total. The number of rotatable bonds is 3. The molecule has 1 fully saturated rings. The number of nitrogens with zero attached hydrogens (tertiary/aromatic N) is 3. The Bertz CT molecular complexity index is 989. The summed E-state index contributed by atoms with van der Waals surface area (Å²) in [5.41, 5.74) is 0.433. The highest BCUT2D eigenvalue weighted by Crippen LogP contribution is 2.32. The van der Waals surface area contributed by atoms with Crippen molar-refractivity contribution in [2.45, 2.75) is 12.3 Å². The van der Waals surface area contributed by atoms with Gasteiger partial charge in [0.05, 0.1) is 5.56 Å². The van der Waals surface area contributed by atoms with Crippen LogP contribution in [0.15, 0.2) is 47.0 Å². The van der Waals surface area contributed by atoms with Crippen molar-refractivity contribution < 1.29 is 22.5 Å². The molecule has 2 heterocycles. The number of halogens is 3. The van der Waals surface area contributed by atoms with Crippen LogP contribution in [-0.2, 0) is 4.79 Å². The minimum atomic E-state index is -1.03. The van der Waals surface area contributed by atoms with Gasteiger partial charge in [0.1, 0.15) is 5.82 Å². The summed E-state index contributed by atoms with van der Waals surface area (Å²) in [5.74, 6) is -2.87. The van der Waals surface area contributed by atoms with Gasteiger partial charge in [-0.1, -0.05) is 17.3 Å². The third kappa shape index (κ3) is 2.83. The van der Waals surface area contributed by atoms with E-state index in [0.717, 1.165) is 12.1 Å².